The summed E-state index contributed by atoms with van der Waals surface area (Å²) in [5.41, 5.74) is 1.14. The third-order valence-corrected chi connectivity index (χ3v) is 2.89. The molecular weight excluding hydrogens is 214 g/mol. The molecule has 88 valence electrons. The first-order valence-corrected chi connectivity index (χ1v) is 5.75. The Hall–Kier alpha value is -1.84. The molecular formula is C13H15N3O. The fourth-order valence-electron chi connectivity index (χ4n) is 2.06. The Morgan fingerprint density at radius 1 is 1.18 bits per heavy atom. The normalized spacial score (nSPS) is 13.8. The van der Waals surface area contributed by atoms with Crippen LogP contribution >= 0.6 is 0 Å². The van der Waals surface area contributed by atoms with Gasteiger partial charge in [-0.15, -0.1) is 5.10 Å². The van der Waals surface area contributed by atoms with E-state index >= 15 is 0 Å². The average Bonchev–Trinajstić information content (AvgIpc) is 2.68. The van der Waals surface area contributed by atoms with Gasteiger partial charge in [0.15, 0.2) is 0 Å². The van der Waals surface area contributed by atoms with Gasteiger partial charge in [0.2, 0.25) is 0 Å². The summed E-state index contributed by atoms with van der Waals surface area (Å²) < 4.78 is 7.79. The molecule has 0 atom stereocenters. The van der Waals surface area contributed by atoms with Crippen LogP contribution in [0.5, 0.6) is 11.8 Å². The molecule has 1 aliphatic rings. The van der Waals surface area contributed by atoms with E-state index in [0.717, 1.165) is 18.1 Å². The summed E-state index contributed by atoms with van der Waals surface area (Å²) in [6, 6.07) is 8.62. The van der Waals surface area contributed by atoms with Crippen molar-refractivity contribution in [2.75, 3.05) is 0 Å². The minimum absolute atomic E-state index is 0.0269. The summed E-state index contributed by atoms with van der Waals surface area (Å²) in [6.45, 7) is 7.17. The lowest BCUT2D eigenvalue weighted by molar-refractivity contribution is 0.376. The van der Waals surface area contributed by atoms with E-state index in [-0.39, 0.29) is 5.41 Å². The molecule has 0 unspecified atom stereocenters. The molecule has 0 aliphatic carbocycles. The van der Waals surface area contributed by atoms with Gasteiger partial charge in [0, 0.05) is 11.0 Å². The first kappa shape index (κ1) is 10.3. The number of ether oxygens (including phenoxy) is 1. The van der Waals surface area contributed by atoms with Gasteiger partial charge in [0.1, 0.15) is 11.6 Å². The third-order valence-electron chi connectivity index (χ3n) is 2.89. The summed E-state index contributed by atoms with van der Waals surface area (Å²) in [5, 5.41) is 8.35. The zero-order valence-corrected chi connectivity index (χ0v) is 10.3. The van der Waals surface area contributed by atoms with Crippen molar-refractivity contribution in [1.82, 2.24) is 14.8 Å². The van der Waals surface area contributed by atoms with Crippen molar-refractivity contribution in [3.63, 3.8) is 0 Å². The monoisotopic (exact) mass is 229 g/mol. The summed E-state index contributed by atoms with van der Waals surface area (Å²) in [6.07, 6.45) is 0. The summed E-state index contributed by atoms with van der Waals surface area (Å²) >= 11 is 0. The lowest BCUT2D eigenvalue weighted by atomic mass is 9.95. The standard InChI is InChI=1S/C13H15N3O/c1-13(2,3)11-14-15-12-16(11)8-9-6-4-5-7-10(9)17-12/h4-7H,8H2,1-3H3. The maximum absolute atomic E-state index is 5.74. The van der Waals surface area contributed by atoms with Crippen LogP contribution in [0, 0.1) is 0 Å². The van der Waals surface area contributed by atoms with Crippen LogP contribution in [0.2, 0.25) is 0 Å². The highest BCUT2D eigenvalue weighted by atomic mass is 16.5. The topological polar surface area (TPSA) is 39.9 Å². The van der Waals surface area contributed by atoms with Crippen LogP contribution in [0.3, 0.4) is 0 Å². The summed E-state index contributed by atoms with van der Waals surface area (Å²) in [4.78, 5) is 0. The van der Waals surface area contributed by atoms with E-state index in [4.69, 9.17) is 4.74 Å². The van der Waals surface area contributed by atoms with Crippen LogP contribution in [0.1, 0.15) is 32.2 Å². The number of hydrogen-bond acceptors (Lipinski definition) is 3. The molecule has 1 aromatic heterocycles. The molecule has 2 heterocycles. The quantitative estimate of drug-likeness (QED) is 0.595. The van der Waals surface area contributed by atoms with E-state index in [1.807, 2.05) is 22.8 Å². The predicted molar refractivity (Wildman–Crippen MR) is 64.3 cm³/mol. The molecule has 0 radical (unpaired) electrons. The molecule has 0 saturated carbocycles. The Bertz CT molecular complexity index is 566. The highest BCUT2D eigenvalue weighted by Crippen LogP contribution is 2.34. The van der Waals surface area contributed by atoms with Gasteiger partial charge in [-0.3, -0.25) is 4.57 Å². The Morgan fingerprint density at radius 3 is 2.71 bits per heavy atom. The van der Waals surface area contributed by atoms with E-state index in [9.17, 15) is 0 Å². The van der Waals surface area contributed by atoms with Crippen LogP contribution in [-0.2, 0) is 12.0 Å². The van der Waals surface area contributed by atoms with Crippen molar-refractivity contribution in [1.29, 1.82) is 0 Å². The Kier molecular flexibility index (Phi) is 2.02. The molecule has 0 saturated heterocycles. The van der Waals surface area contributed by atoms with Crippen molar-refractivity contribution in [2.24, 2.45) is 0 Å². The molecule has 1 aromatic carbocycles. The smallest absolute Gasteiger partial charge is 0.322 e. The fourth-order valence-corrected chi connectivity index (χ4v) is 2.06. The number of hydrogen-bond donors (Lipinski definition) is 0. The predicted octanol–water partition coefficient (Wildman–Crippen LogP) is 2.73. The van der Waals surface area contributed by atoms with Crippen LogP contribution in [0.4, 0.5) is 0 Å². The molecule has 1 aliphatic heterocycles. The van der Waals surface area contributed by atoms with E-state index in [2.05, 4.69) is 37.0 Å². The zero-order valence-electron chi connectivity index (χ0n) is 10.3. The van der Waals surface area contributed by atoms with Crippen LogP contribution in [-0.4, -0.2) is 14.8 Å². The van der Waals surface area contributed by atoms with E-state index in [1.165, 1.54) is 5.56 Å². The molecule has 0 amide bonds. The molecule has 0 fully saturated rings. The Morgan fingerprint density at radius 2 is 1.94 bits per heavy atom. The minimum Gasteiger partial charge on any atom is -0.424 e. The Balaban J connectivity index is 2.09. The van der Waals surface area contributed by atoms with Gasteiger partial charge in [-0.05, 0) is 6.07 Å². The lowest BCUT2D eigenvalue weighted by Crippen LogP contribution is -2.21. The second-order valence-corrected chi connectivity index (χ2v) is 5.35. The highest BCUT2D eigenvalue weighted by molar-refractivity contribution is 5.38. The maximum Gasteiger partial charge on any atom is 0.322 e. The number of aromatic nitrogens is 3. The highest BCUT2D eigenvalue weighted by Gasteiger charge is 2.28. The maximum atomic E-state index is 5.74. The first-order chi connectivity index (χ1) is 8.05. The van der Waals surface area contributed by atoms with E-state index in [1.54, 1.807) is 0 Å². The second-order valence-electron chi connectivity index (χ2n) is 5.35. The molecule has 4 heteroatoms. The van der Waals surface area contributed by atoms with Crippen molar-refractivity contribution >= 4 is 0 Å². The van der Waals surface area contributed by atoms with Gasteiger partial charge in [-0.1, -0.05) is 44.1 Å². The van der Waals surface area contributed by atoms with Gasteiger partial charge in [0.05, 0.1) is 6.54 Å². The number of benzene rings is 1. The van der Waals surface area contributed by atoms with E-state index < -0.39 is 0 Å². The second kappa shape index (κ2) is 3.32. The van der Waals surface area contributed by atoms with E-state index in [0.29, 0.717) is 6.01 Å². The molecule has 17 heavy (non-hydrogen) atoms. The molecule has 0 spiro atoms. The number of fused-ring (bicyclic) bond motifs is 2. The average molecular weight is 229 g/mol. The van der Waals surface area contributed by atoms with Gasteiger partial charge in [0.25, 0.3) is 0 Å². The van der Waals surface area contributed by atoms with Crippen molar-refractivity contribution in [2.45, 2.75) is 32.7 Å². The van der Waals surface area contributed by atoms with Crippen molar-refractivity contribution < 1.29 is 4.74 Å². The number of nitrogens with zero attached hydrogens (tertiary/aromatic N) is 3. The molecule has 3 rings (SSSR count). The molecule has 2 aromatic rings. The number of para-hydroxylation sites is 1. The van der Waals surface area contributed by atoms with Crippen LogP contribution in [0.25, 0.3) is 0 Å². The SMILES string of the molecule is CC(C)(C)c1nnc2n1Cc1ccccc1O2. The van der Waals surface area contributed by atoms with Crippen LogP contribution in [0.15, 0.2) is 24.3 Å². The van der Waals surface area contributed by atoms with Crippen molar-refractivity contribution in [3.05, 3.63) is 35.7 Å². The lowest BCUT2D eigenvalue weighted by Gasteiger charge is -2.23. The molecule has 0 N–H and O–H groups in total. The van der Waals surface area contributed by atoms with Gasteiger partial charge in [-0.25, -0.2) is 0 Å². The van der Waals surface area contributed by atoms with Gasteiger partial charge in [-0.2, -0.15) is 0 Å². The third kappa shape index (κ3) is 1.60. The summed E-state index contributed by atoms with van der Waals surface area (Å²) in [7, 11) is 0. The zero-order chi connectivity index (χ0) is 12.0. The fraction of sp³-hybridized carbons (Fsp3) is 0.385. The number of rotatable bonds is 0. The summed E-state index contributed by atoms with van der Waals surface area (Å²) in [5.74, 6) is 1.84. The largest absolute Gasteiger partial charge is 0.424 e. The molecule has 4 nitrogen and oxygen atoms in total. The van der Waals surface area contributed by atoms with Crippen molar-refractivity contribution in [3.8, 4) is 11.8 Å². The van der Waals surface area contributed by atoms with Gasteiger partial charge >= 0.3 is 6.01 Å². The minimum atomic E-state index is -0.0269. The van der Waals surface area contributed by atoms with Gasteiger partial charge < -0.3 is 4.74 Å². The van der Waals surface area contributed by atoms with Crippen LogP contribution < -0.4 is 4.74 Å². The molecule has 0 bridgehead atoms. The Labute approximate surface area is 100 Å². The first-order valence-electron chi connectivity index (χ1n) is 5.75.